The second-order valence-corrected chi connectivity index (χ2v) is 4.46. The van der Waals surface area contributed by atoms with Crippen molar-refractivity contribution in [3.63, 3.8) is 0 Å². The van der Waals surface area contributed by atoms with Crippen LogP contribution in [-0.2, 0) is 5.60 Å². The molecule has 2 rings (SSSR count). The third-order valence-corrected chi connectivity index (χ3v) is 2.54. The van der Waals surface area contributed by atoms with E-state index in [1.165, 1.54) is 0 Å². The first-order valence-corrected chi connectivity index (χ1v) is 5.14. The Hall–Kier alpha value is -1.12. The third kappa shape index (κ3) is 1.96. The zero-order valence-electron chi connectivity index (χ0n) is 8.66. The quantitative estimate of drug-likeness (QED) is 0.751. The molecule has 0 spiro atoms. The molecule has 1 heterocycles. The Balaban J connectivity index is 2.83. The number of halogens is 1. The zero-order valence-corrected chi connectivity index (χ0v) is 9.42. The van der Waals surface area contributed by atoms with Crippen LogP contribution < -0.4 is 0 Å². The van der Waals surface area contributed by atoms with Crippen LogP contribution in [0.5, 0.6) is 0 Å². The summed E-state index contributed by atoms with van der Waals surface area (Å²) in [5.41, 5.74) is 0.701. The van der Waals surface area contributed by atoms with E-state index in [0.29, 0.717) is 5.15 Å². The fourth-order valence-electron chi connectivity index (χ4n) is 1.65. The van der Waals surface area contributed by atoms with E-state index in [9.17, 15) is 5.11 Å². The van der Waals surface area contributed by atoms with Gasteiger partial charge in [-0.3, -0.25) is 0 Å². The number of rotatable bonds is 1. The summed E-state index contributed by atoms with van der Waals surface area (Å²) >= 11 is 5.91. The van der Waals surface area contributed by atoms with E-state index in [1.54, 1.807) is 19.9 Å². The standard InChI is InChI=1S/C12H12ClNO/c1-12(2,15)9-7-11(13)14-10-6-4-3-5-8(9)10/h3-7,15H,1-2H3. The van der Waals surface area contributed by atoms with Gasteiger partial charge in [0, 0.05) is 5.39 Å². The zero-order chi connectivity index (χ0) is 11.1. The van der Waals surface area contributed by atoms with Crippen LogP contribution in [0.3, 0.4) is 0 Å². The highest BCUT2D eigenvalue weighted by Crippen LogP contribution is 2.29. The van der Waals surface area contributed by atoms with Crippen LogP contribution in [0.4, 0.5) is 0 Å². The van der Waals surface area contributed by atoms with E-state index >= 15 is 0 Å². The van der Waals surface area contributed by atoms with Gasteiger partial charge in [-0.2, -0.15) is 0 Å². The number of benzene rings is 1. The summed E-state index contributed by atoms with van der Waals surface area (Å²) in [4.78, 5) is 4.20. The average molecular weight is 222 g/mol. The van der Waals surface area contributed by atoms with Crippen molar-refractivity contribution in [3.05, 3.63) is 41.0 Å². The lowest BCUT2D eigenvalue weighted by molar-refractivity contribution is 0.0801. The molecule has 0 atom stereocenters. The number of fused-ring (bicyclic) bond motifs is 1. The first-order valence-electron chi connectivity index (χ1n) is 4.76. The molecule has 0 amide bonds. The lowest BCUT2D eigenvalue weighted by Gasteiger charge is -2.20. The molecule has 0 saturated carbocycles. The first-order chi connectivity index (χ1) is 6.98. The van der Waals surface area contributed by atoms with Crippen LogP contribution in [0.1, 0.15) is 19.4 Å². The van der Waals surface area contributed by atoms with Crippen molar-refractivity contribution < 1.29 is 5.11 Å². The molecule has 1 aromatic heterocycles. The Morgan fingerprint density at radius 3 is 2.60 bits per heavy atom. The van der Waals surface area contributed by atoms with Crippen LogP contribution in [0.25, 0.3) is 10.9 Å². The van der Waals surface area contributed by atoms with Gasteiger partial charge >= 0.3 is 0 Å². The minimum atomic E-state index is -0.911. The summed E-state index contributed by atoms with van der Waals surface area (Å²) in [5.74, 6) is 0. The summed E-state index contributed by atoms with van der Waals surface area (Å²) in [5, 5.41) is 11.4. The Bertz CT molecular complexity index is 502. The second-order valence-electron chi connectivity index (χ2n) is 4.07. The highest BCUT2D eigenvalue weighted by Gasteiger charge is 2.19. The van der Waals surface area contributed by atoms with Crippen LogP contribution >= 0.6 is 11.6 Å². The van der Waals surface area contributed by atoms with Crippen molar-refractivity contribution in [1.29, 1.82) is 0 Å². The minimum absolute atomic E-state index is 0.408. The molecular weight excluding hydrogens is 210 g/mol. The number of hydrogen-bond donors (Lipinski definition) is 1. The fraction of sp³-hybridized carbons (Fsp3) is 0.250. The molecule has 78 valence electrons. The molecule has 0 bridgehead atoms. The summed E-state index contributed by atoms with van der Waals surface area (Å²) in [6, 6.07) is 9.36. The van der Waals surface area contributed by atoms with Gasteiger partial charge in [-0.1, -0.05) is 29.8 Å². The predicted octanol–water partition coefficient (Wildman–Crippen LogP) is 3.12. The maximum Gasteiger partial charge on any atom is 0.130 e. The van der Waals surface area contributed by atoms with E-state index in [1.807, 2.05) is 24.3 Å². The normalized spacial score (nSPS) is 12.0. The van der Waals surface area contributed by atoms with E-state index < -0.39 is 5.60 Å². The number of nitrogens with zero attached hydrogens (tertiary/aromatic N) is 1. The molecule has 3 heteroatoms. The summed E-state index contributed by atoms with van der Waals surface area (Å²) < 4.78 is 0. The molecule has 0 radical (unpaired) electrons. The van der Waals surface area contributed by atoms with Crippen LogP contribution in [0, 0.1) is 0 Å². The van der Waals surface area contributed by atoms with Gasteiger partial charge < -0.3 is 5.11 Å². The fourth-order valence-corrected chi connectivity index (χ4v) is 1.85. The van der Waals surface area contributed by atoms with Gasteiger partial charge in [-0.15, -0.1) is 0 Å². The van der Waals surface area contributed by atoms with Crippen LogP contribution in [0.2, 0.25) is 5.15 Å². The Kier molecular flexibility index (Phi) is 2.41. The number of aliphatic hydroxyl groups is 1. The van der Waals surface area contributed by atoms with Crippen LogP contribution in [0.15, 0.2) is 30.3 Å². The Labute approximate surface area is 93.5 Å². The Morgan fingerprint density at radius 1 is 1.27 bits per heavy atom. The first kappa shape index (κ1) is 10.4. The topological polar surface area (TPSA) is 33.1 Å². The molecule has 0 saturated heterocycles. The van der Waals surface area contributed by atoms with Crippen molar-refractivity contribution in [3.8, 4) is 0 Å². The van der Waals surface area contributed by atoms with Crippen LogP contribution in [-0.4, -0.2) is 10.1 Å². The molecule has 0 aliphatic rings. The number of aromatic nitrogens is 1. The molecule has 2 aromatic rings. The van der Waals surface area contributed by atoms with E-state index in [0.717, 1.165) is 16.5 Å². The summed E-state index contributed by atoms with van der Waals surface area (Å²) in [6.07, 6.45) is 0. The van der Waals surface area contributed by atoms with Gasteiger partial charge in [-0.25, -0.2) is 4.98 Å². The minimum Gasteiger partial charge on any atom is -0.386 e. The van der Waals surface area contributed by atoms with Crippen molar-refractivity contribution in [2.75, 3.05) is 0 Å². The smallest absolute Gasteiger partial charge is 0.130 e. The highest BCUT2D eigenvalue weighted by atomic mass is 35.5. The number of pyridine rings is 1. The molecule has 0 unspecified atom stereocenters. The SMILES string of the molecule is CC(C)(O)c1cc(Cl)nc2ccccc12. The van der Waals surface area contributed by atoms with E-state index in [2.05, 4.69) is 4.98 Å². The van der Waals surface area contributed by atoms with Gasteiger partial charge in [0.1, 0.15) is 5.15 Å². The third-order valence-electron chi connectivity index (χ3n) is 2.34. The van der Waals surface area contributed by atoms with Gasteiger partial charge in [-0.05, 0) is 31.5 Å². The van der Waals surface area contributed by atoms with Gasteiger partial charge in [0.2, 0.25) is 0 Å². The second kappa shape index (κ2) is 3.47. The van der Waals surface area contributed by atoms with Gasteiger partial charge in [0.05, 0.1) is 11.1 Å². The van der Waals surface area contributed by atoms with Crippen molar-refractivity contribution in [2.24, 2.45) is 0 Å². The molecular formula is C12H12ClNO. The number of hydrogen-bond acceptors (Lipinski definition) is 2. The molecule has 0 fully saturated rings. The maximum atomic E-state index is 10.0. The maximum absolute atomic E-state index is 10.0. The van der Waals surface area contributed by atoms with Gasteiger partial charge in [0.15, 0.2) is 0 Å². The largest absolute Gasteiger partial charge is 0.386 e. The predicted molar refractivity (Wildman–Crippen MR) is 62.0 cm³/mol. The monoisotopic (exact) mass is 221 g/mol. The Morgan fingerprint density at radius 2 is 1.93 bits per heavy atom. The van der Waals surface area contributed by atoms with Gasteiger partial charge in [0.25, 0.3) is 0 Å². The summed E-state index contributed by atoms with van der Waals surface area (Å²) in [6.45, 7) is 3.48. The molecule has 15 heavy (non-hydrogen) atoms. The summed E-state index contributed by atoms with van der Waals surface area (Å²) in [7, 11) is 0. The molecule has 0 aliphatic heterocycles. The molecule has 2 nitrogen and oxygen atoms in total. The average Bonchev–Trinajstić information content (AvgIpc) is 2.15. The molecule has 1 N–H and O–H groups in total. The van der Waals surface area contributed by atoms with Crippen molar-refractivity contribution >= 4 is 22.5 Å². The molecule has 0 aliphatic carbocycles. The van der Waals surface area contributed by atoms with E-state index in [-0.39, 0.29) is 0 Å². The lowest BCUT2D eigenvalue weighted by atomic mass is 9.95. The van der Waals surface area contributed by atoms with Crippen molar-refractivity contribution in [2.45, 2.75) is 19.4 Å². The number of para-hydroxylation sites is 1. The molecule has 1 aromatic carbocycles. The lowest BCUT2D eigenvalue weighted by Crippen LogP contribution is -2.16. The van der Waals surface area contributed by atoms with E-state index in [4.69, 9.17) is 11.6 Å². The highest BCUT2D eigenvalue weighted by molar-refractivity contribution is 6.30. The van der Waals surface area contributed by atoms with Crippen molar-refractivity contribution in [1.82, 2.24) is 4.98 Å².